The molecule has 0 radical (unpaired) electrons. The highest BCUT2D eigenvalue weighted by molar-refractivity contribution is 6.46. The van der Waals surface area contributed by atoms with Crippen molar-refractivity contribution in [1.82, 2.24) is 4.90 Å². The van der Waals surface area contributed by atoms with Crippen LogP contribution in [0.2, 0.25) is 0 Å². The second-order valence-electron chi connectivity index (χ2n) is 8.41. The van der Waals surface area contributed by atoms with Crippen molar-refractivity contribution < 1.29 is 33.6 Å². The Morgan fingerprint density at radius 1 is 0.972 bits per heavy atom. The number of ketones is 1. The fourth-order valence-electron chi connectivity index (χ4n) is 4.21. The van der Waals surface area contributed by atoms with Gasteiger partial charge >= 0.3 is 0 Å². The van der Waals surface area contributed by atoms with Crippen LogP contribution in [0.3, 0.4) is 0 Å². The standard InChI is InChI=1S/C28H35NO7/c1-5-7-8-15-36-22-13-12-19(18-23(22)34-4)25-24(27(31)28(32)29(25)14-16-33-3)26(30)20-10-9-11-21(17-20)35-6-2/h9-13,17-18,25,30H,5-8,14-16H2,1-4H3. The summed E-state index contributed by atoms with van der Waals surface area (Å²) in [5.74, 6) is -0.0976. The van der Waals surface area contributed by atoms with Gasteiger partial charge in [-0.15, -0.1) is 0 Å². The third-order valence-electron chi connectivity index (χ3n) is 6.00. The van der Waals surface area contributed by atoms with E-state index in [1.54, 1.807) is 49.6 Å². The summed E-state index contributed by atoms with van der Waals surface area (Å²) in [5, 5.41) is 11.3. The molecule has 1 aliphatic heterocycles. The maximum Gasteiger partial charge on any atom is 0.295 e. The molecule has 36 heavy (non-hydrogen) atoms. The molecule has 0 aliphatic carbocycles. The molecule has 0 spiro atoms. The van der Waals surface area contributed by atoms with Crippen LogP contribution in [0.5, 0.6) is 17.2 Å². The lowest BCUT2D eigenvalue weighted by Crippen LogP contribution is -2.32. The fraction of sp³-hybridized carbons (Fsp3) is 0.429. The first-order valence-electron chi connectivity index (χ1n) is 12.3. The minimum absolute atomic E-state index is 0.00317. The number of benzene rings is 2. The van der Waals surface area contributed by atoms with Crippen molar-refractivity contribution in [1.29, 1.82) is 0 Å². The monoisotopic (exact) mass is 497 g/mol. The third kappa shape index (κ3) is 5.99. The highest BCUT2D eigenvalue weighted by Gasteiger charge is 2.46. The molecule has 1 saturated heterocycles. The molecule has 1 amide bonds. The van der Waals surface area contributed by atoms with E-state index < -0.39 is 17.7 Å². The number of rotatable bonds is 13. The first-order valence-corrected chi connectivity index (χ1v) is 12.3. The molecule has 1 N–H and O–H groups in total. The molecule has 1 aliphatic rings. The Morgan fingerprint density at radius 3 is 2.47 bits per heavy atom. The van der Waals surface area contributed by atoms with Crippen molar-refractivity contribution in [3.8, 4) is 17.2 Å². The average molecular weight is 498 g/mol. The summed E-state index contributed by atoms with van der Waals surface area (Å²) in [6, 6.07) is 11.3. The molecular formula is C28H35NO7. The van der Waals surface area contributed by atoms with Gasteiger partial charge in [-0.2, -0.15) is 0 Å². The Labute approximate surface area is 212 Å². The Morgan fingerprint density at radius 2 is 1.78 bits per heavy atom. The number of hydrogen-bond acceptors (Lipinski definition) is 7. The Hall–Kier alpha value is -3.52. The molecule has 0 aromatic heterocycles. The summed E-state index contributed by atoms with van der Waals surface area (Å²) in [4.78, 5) is 27.6. The van der Waals surface area contributed by atoms with E-state index >= 15 is 0 Å². The summed E-state index contributed by atoms with van der Waals surface area (Å²) in [5.41, 5.74) is 1.01. The topological polar surface area (TPSA) is 94.5 Å². The molecule has 2 aromatic carbocycles. The molecule has 2 aromatic rings. The van der Waals surface area contributed by atoms with E-state index in [0.717, 1.165) is 19.3 Å². The molecule has 1 unspecified atom stereocenters. The lowest BCUT2D eigenvalue weighted by molar-refractivity contribution is -0.140. The lowest BCUT2D eigenvalue weighted by atomic mass is 9.95. The molecule has 8 heteroatoms. The van der Waals surface area contributed by atoms with Gasteiger partial charge in [-0.25, -0.2) is 0 Å². The quantitative estimate of drug-likeness (QED) is 0.185. The summed E-state index contributed by atoms with van der Waals surface area (Å²) >= 11 is 0. The maximum absolute atomic E-state index is 13.2. The van der Waals surface area contributed by atoms with E-state index in [2.05, 4.69) is 6.92 Å². The van der Waals surface area contributed by atoms with Gasteiger partial charge in [0, 0.05) is 19.2 Å². The van der Waals surface area contributed by atoms with Crippen LogP contribution in [-0.4, -0.2) is 62.3 Å². The number of amides is 1. The largest absolute Gasteiger partial charge is 0.507 e. The number of methoxy groups -OCH3 is 2. The predicted octanol–water partition coefficient (Wildman–Crippen LogP) is 4.73. The van der Waals surface area contributed by atoms with E-state index in [0.29, 0.717) is 41.6 Å². The van der Waals surface area contributed by atoms with Gasteiger partial charge in [-0.05, 0) is 43.2 Å². The number of aliphatic hydroxyl groups is 1. The van der Waals surface area contributed by atoms with Gasteiger partial charge in [0.05, 0.1) is 38.5 Å². The molecule has 1 fully saturated rings. The van der Waals surface area contributed by atoms with Crippen molar-refractivity contribution in [3.05, 3.63) is 59.2 Å². The predicted molar refractivity (Wildman–Crippen MR) is 137 cm³/mol. The first kappa shape index (κ1) is 27.1. The Kier molecular flexibility index (Phi) is 9.76. The summed E-state index contributed by atoms with van der Waals surface area (Å²) < 4.78 is 22.2. The highest BCUT2D eigenvalue weighted by Crippen LogP contribution is 2.42. The Bertz CT molecular complexity index is 1100. The third-order valence-corrected chi connectivity index (χ3v) is 6.00. The zero-order chi connectivity index (χ0) is 26.1. The van der Waals surface area contributed by atoms with Crippen LogP contribution in [0.1, 0.15) is 50.3 Å². The van der Waals surface area contributed by atoms with Crippen molar-refractivity contribution in [3.63, 3.8) is 0 Å². The fourth-order valence-corrected chi connectivity index (χ4v) is 4.21. The van der Waals surface area contributed by atoms with Crippen LogP contribution in [0, 0.1) is 0 Å². The van der Waals surface area contributed by atoms with Crippen molar-refractivity contribution in [2.75, 3.05) is 40.6 Å². The Balaban J connectivity index is 2.07. The van der Waals surface area contributed by atoms with Crippen LogP contribution < -0.4 is 14.2 Å². The molecule has 3 rings (SSSR count). The number of aliphatic hydroxyl groups excluding tert-OH is 1. The van der Waals surface area contributed by atoms with E-state index in [4.69, 9.17) is 18.9 Å². The zero-order valence-electron chi connectivity index (χ0n) is 21.4. The molecule has 194 valence electrons. The minimum Gasteiger partial charge on any atom is -0.507 e. The molecule has 1 heterocycles. The maximum atomic E-state index is 13.2. The van der Waals surface area contributed by atoms with Gasteiger partial charge in [-0.1, -0.05) is 38.0 Å². The molecule has 8 nitrogen and oxygen atoms in total. The number of nitrogens with zero attached hydrogens (tertiary/aromatic N) is 1. The van der Waals surface area contributed by atoms with Crippen LogP contribution in [0.25, 0.3) is 5.76 Å². The van der Waals surface area contributed by atoms with Gasteiger partial charge in [0.15, 0.2) is 11.5 Å². The van der Waals surface area contributed by atoms with E-state index in [1.807, 2.05) is 6.92 Å². The number of hydrogen-bond donors (Lipinski definition) is 1. The van der Waals surface area contributed by atoms with Crippen molar-refractivity contribution in [2.45, 2.75) is 39.2 Å². The lowest BCUT2D eigenvalue weighted by Gasteiger charge is -2.25. The smallest absolute Gasteiger partial charge is 0.295 e. The van der Waals surface area contributed by atoms with Gasteiger partial charge in [0.25, 0.3) is 11.7 Å². The summed E-state index contributed by atoms with van der Waals surface area (Å²) in [6.45, 7) is 5.42. The number of Topliss-reactive ketones (excluding diaryl/α,β-unsaturated/α-hetero) is 1. The van der Waals surface area contributed by atoms with Crippen LogP contribution in [-0.2, 0) is 14.3 Å². The van der Waals surface area contributed by atoms with Gasteiger partial charge in [0.2, 0.25) is 0 Å². The summed E-state index contributed by atoms with van der Waals surface area (Å²) in [6.07, 6.45) is 3.09. The number of carbonyl (C=O) groups is 2. The highest BCUT2D eigenvalue weighted by atomic mass is 16.5. The first-order chi connectivity index (χ1) is 17.5. The summed E-state index contributed by atoms with van der Waals surface area (Å²) in [7, 11) is 3.07. The molecular weight excluding hydrogens is 462 g/mol. The van der Waals surface area contributed by atoms with Crippen LogP contribution in [0.15, 0.2) is 48.0 Å². The number of carbonyl (C=O) groups excluding carboxylic acids is 2. The van der Waals surface area contributed by atoms with Gasteiger partial charge in [-0.3, -0.25) is 9.59 Å². The number of likely N-dealkylation sites (tertiary alicyclic amines) is 1. The van der Waals surface area contributed by atoms with Crippen molar-refractivity contribution in [2.24, 2.45) is 0 Å². The second-order valence-corrected chi connectivity index (χ2v) is 8.41. The van der Waals surface area contributed by atoms with E-state index in [9.17, 15) is 14.7 Å². The average Bonchev–Trinajstić information content (AvgIpc) is 3.14. The van der Waals surface area contributed by atoms with Gasteiger partial charge in [0.1, 0.15) is 11.5 Å². The van der Waals surface area contributed by atoms with Crippen LogP contribution >= 0.6 is 0 Å². The van der Waals surface area contributed by atoms with E-state index in [1.165, 1.54) is 12.0 Å². The minimum atomic E-state index is -0.820. The SMILES string of the molecule is CCCCCOc1ccc(C2C(=C(O)c3cccc(OCC)c3)C(=O)C(=O)N2CCOC)cc1OC. The number of unbranched alkanes of at least 4 members (excludes halogenated alkanes) is 2. The number of ether oxygens (including phenoxy) is 4. The van der Waals surface area contributed by atoms with Crippen LogP contribution in [0.4, 0.5) is 0 Å². The molecule has 1 atom stereocenters. The second kappa shape index (κ2) is 13.0. The van der Waals surface area contributed by atoms with E-state index in [-0.39, 0.29) is 24.5 Å². The molecule has 0 saturated carbocycles. The van der Waals surface area contributed by atoms with Gasteiger partial charge < -0.3 is 29.0 Å². The zero-order valence-corrected chi connectivity index (χ0v) is 21.4. The normalized spacial score (nSPS) is 16.9. The molecule has 0 bridgehead atoms. The van der Waals surface area contributed by atoms with Crippen molar-refractivity contribution >= 4 is 17.4 Å².